The van der Waals surface area contributed by atoms with Gasteiger partial charge in [-0.2, -0.15) is 12.6 Å². The third-order valence-corrected chi connectivity index (χ3v) is 3.47. The van der Waals surface area contributed by atoms with Crippen molar-refractivity contribution in [1.29, 1.82) is 0 Å². The molecule has 1 nitrogen and oxygen atoms in total. The monoisotopic (exact) mass is 288 g/mol. The number of carbonyl (C=O) groups is 1. The van der Waals surface area contributed by atoms with Crippen molar-refractivity contribution in [1.82, 2.24) is 0 Å². The summed E-state index contributed by atoms with van der Waals surface area (Å²) in [5.41, 5.74) is 3.12. The van der Waals surface area contributed by atoms with Crippen LogP contribution in [-0.4, -0.2) is 5.78 Å². The van der Waals surface area contributed by atoms with E-state index in [2.05, 4.69) is 19.2 Å². The molecule has 2 rings (SSSR count). The molecule has 0 aliphatic heterocycles. The summed E-state index contributed by atoms with van der Waals surface area (Å²) in [7, 11) is 0. The van der Waals surface area contributed by atoms with Gasteiger partial charge < -0.3 is 0 Å². The topological polar surface area (TPSA) is 17.1 Å². The molecule has 0 heterocycles. The summed E-state index contributed by atoms with van der Waals surface area (Å²) in [6.07, 6.45) is 1.75. The van der Waals surface area contributed by atoms with E-state index in [1.165, 1.54) is 0 Å². The summed E-state index contributed by atoms with van der Waals surface area (Å²) < 4.78 is 0. The number of benzene rings is 2. The van der Waals surface area contributed by atoms with Crippen LogP contribution >= 0.6 is 24.2 Å². The molecule has 19 heavy (non-hydrogen) atoms. The van der Waals surface area contributed by atoms with Crippen molar-refractivity contribution >= 4 is 36.1 Å². The molecule has 96 valence electrons. The first-order valence-electron chi connectivity index (χ1n) is 5.82. The number of thiol groups is 1. The maximum absolute atomic E-state index is 12.4. The number of ketones is 1. The quantitative estimate of drug-likeness (QED) is 0.640. The smallest absolute Gasteiger partial charge is 0.193 e. The highest BCUT2D eigenvalue weighted by molar-refractivity contribution is 7.79. The van der Waals surface area contributed by atoms with Crippen LogP contribution in [-0.2, 0) is 5.75 Å². The predicted octanol–water partition coefficient (Wildman–Crippen LogP) is 4.64. The van der Waals surface area contributed by atoms with Gasteiger partial charge in [-0.15, -0.1) is 0 Å². The van der Waals surface area contributed by atoms with E-state index in [4.69, 9.17) is 11.6 Å². The highest BCUT2D eigenvalue weighted by Gasteiger charge is 2.13. The van der Waals surface area contributed by atoms with Crippen LogP contribution in [0.1, 0.15) is 27.0 Å². The van der Waals surface area contributed by atoms with Crippen LogP contribution in [0.5, 0.6) is 0 Å². The molecule has 0 unspecified atom stereocenters. The zero-order chi connectivity index (χ0) is 13.8. The van der Waals surface area contributed by atoms with Gasteiger partial charge in [-0.3, -0.25) is 4.79 Å². The number of hydrogen-bond acceptors (Lipinski definition) is 2. The van der Waals surface area contributed by atoms with Crippen molar-refractivity contribution in [3.05, 3.63) is 76.3 Å². The van der Waals surface area contributed by atoms with Crippen LogP contribution < -0.4 is 0 Å². The van der Waals surface area contributed by atoms with Gasteiger partial charge in [-0.25, -0.2) is 0 Å². The largest absolute Gasteiger partial charge is 0.289 e. The molecule has 0 atom stereocenters. The zero-order valence-electron chi connectivity index (χ0n) is 10.3. The Morgan fingerprint density at radius 3 is 2.47 bits per heavy atom. The van der Waals surface area contributed by atoms with Crippen molar-refractivity contribution in [2.24, 2.45) is 0 Å². The van der Waals surface area contributed by atoms with E-state index in [1.807, 2.05) is 12.1 Å². The normalized spacial score (nSPS) is 10.2. The van der Waals surface area contributed by atoms with E-state index in [0.717, 1.165) is 11.1 Å². The first-order valence-corrected chi connectivity index (χ1v) is 6.83. The predicted molar refractivity (Wildman–Crippen MR) is 84.1 cm³/mol. The molecule has 0 aromatic heterocycles. The van der Waals surface area contributed by atoms with Crippen LogP contribution in [0, 0.1) is 0 Å². The van der Waals surface area contributed by atoms with E-state index in [9.17, 15) is 4.79 Å². The van der Waals surface area contributed by atoms with Crippen molar-refractivity contribution in [3.8, 4) is 0 Å². The van der Waals surface area contributed by atoms with Crippen molar-refractivity contribution in [2.75, 3.05) is 0 Å². The van der Waals surface area contributed by atoms with Gasteiger partial charge in [-0.05, 0) is 29.3 Å². The molecule has 0 spiro atoms. The van der Waals surface area contributed by atoms with Crippen molar-refractivity contribution < 1.29 is 4.79 Å². The summed E-state index contributed by atoms with van der Waals surface area (Å²) in [5.74, 6) is 0.461. The first kappa shape index (κ1) is 13.9. The third-order valence-electron chi connectivity index (χ3n) is 2.89. The van der Waals surface area contributed by atoms with Crippen LogP contribution in [0.3, 0.4) is 0 Å². The lowest BCUT2D eigenvalue weighted by atomic mass is 9.98. The van der Waals surface area contributed by atoms with Gasteiger partial charge in [0.2, 0.25) is 0 Å². The maximum Gasteiger partial charge on any atom is 0.193 e. The second kappa shape index (κ2) is 6.09. The van der Waals surface area contributed by atoms with Crippen LogP contribution in [0.15, 0.2) is 49.0 Å². The molecular formula is C16H13ClOS. The third kappa shape index (κ3) is 3.09. The molecule has 0 N–H and O–H groups in total. The molecule has 0 bridgehead atoms. The summed E-state index contributed by atoms with van der Waals surface area (Å²) in [6.45, 7) is 3.69. The van der Waals surface area contributed by atoms with Gasteiger partial charge in [0.1, 0.15) is 0 Å². The lowest BCUT2D eigenvalue weighted by Crippen LogP contribution is -2.04. The fourth-order valence-corrected chi connectivity index (χ4v) is 2.30. The highest BCUT2D eigenvalue weighted by atomic mass is 35.5. The SMILES string of the molecule is C=Cc1ccc(C(=O)c2ccc(Cl)cc2CS)cc1. The summed E-state index contributed by atoms with van der Waals surface area (Å²) >= 11 is 10.2. The van der Waals surface area contributed by atoms with Gasteiger partial charge in [0.25, 0.3) is 0 Å². The number of halogens is 1. The molecule has 0 saturated carbocycles. The molecule has 2 aromatic carbocycles. The summed E-state index contributed by atoms with van der Waals surface area (Å²) in [6, 6.07) is 12.6. The molecule has 0 radical (unpaired) electrons. The lowest BCUT2D eigenvalue weighted by molar-refractivity contribution is 0.103. The number of rotatable bonds is 4. The van der Waals surface area contributed by atoms with Crippen LogP contribution in [0.4, 0.5) is 0 Å². The maximum atomic E-state index is 12.4. The molecule has 3 heteroatoms. The van der Waals surface area contributed by atoms with Gasteiger partial charge >= 0.3 is 0 Å². The Hall–Kier alpha value is -1.51. The van der Waals surface area contributed by atoms with Crippen molar-refractivity contribution in [2.45, 2.75) is 5.75 Å². The Labute approximate surface area is 123 Å². The second-order valence-corrected chi connectivity index (χ2v) is 4.87. The Morgan fingerprint density at radius 2 is 1.89 bits per heavy atom. The first-order chi connectivity index (χ1) is 9.15. The van der Waals surface area contributed by atoms with Gasteiger partial charge in [-0.1, -0.05) is 48.5 Å². The Balaban J connectivity index is 2.40. The minimum atomic E-state index is -0.0173. The summed E-state index contributed by atoms with van der Waals surface area (Å²) in [5, 5.41) is 0.614. The minimum absolute atomic E-state index is 0.0173. The fourth-order valence-electron chi connectivity index (χ4n) is 1.84. The van der Waals surface area contributed by atoms with Crippen molar-refractivity contribution in [3.63, 3.8) is 0 Å². The van der Waals surface area contributed by atoms with Gasteiger partial charge in [0.15, 0.2) is 5.78 Å². The van der Waals surface area contributed by atoms with Gasteiger partial charge in [0.05, 0.1) is 0 Å². The van der Waals surface area contributed by atoms with Crippen LogP contribution in [0.25, 0.3) is 6.08 Å². The lowest BCUT2D eigenvalue weighted by Gasteiger charge is -2.07. The minimum Gasteiger partial charge on any atom is -0.289 e. The second-order valence-electron chi connectivity index (χ2n) is 4.11. The molecule has 0 fully saturated rings. The van der Waals surface area contributed by atoms with Crippen LogP contribution in [0.2, 0.25) is 5.02 Å². The number of hydrogen-bond donors (Lipinski definition) is 1. The fraction of sp³-hybridized carbons (Fsp3) is 0.0625. The van der Waals surface area contributed by atoms with E-state index in [1.54, 1.807) is 36.4 Å². The van der Waals surface area contributed by atoms with E-state index in [0.29, 0.717) is 21.9 Å². The molecule has 2 aromatic rings. The van der Waals surface area contributed by atoms with E-state index < -0.39 is 0 Å². The van der Waals surface area contributed by atoms with E-state index >= 15 is 0 Å². The Morgan fingerprint density at radius 1 is 1.21 bits per heavy atom. The highest BCUT2D eigenvalue weighted by Crippen LogP contribution is 2.21. The molecular weight excluding hydrogens is 276 g/mol. The zero-order valence-corrected chi connectivity index (χ0v) is 11.9. The molecule has 0 saturated heterocycles. The molecule has 0 amide bonds. The Bertz CT molecular complexity index is 617. The Kier molecular flexibility index (Phi) is 4.46. The molecule has 0 aliphatic rings. The summed E-state index contributed by atoms with van der Waals surface area (Å²) in [4.78, 5) is 12.4. The average molecular weight is 289 g/mol. The molecule has 0 aliphatic carbocycles. The standard InChI is InChI=1S/C16H13ClOS/c1-2-11-3-5-12(6-4-11)16(18)15-8-7-14(17)9-13(15)10-19/h2-9,19H,1,10H2. The van der Waals surface area contributed by atoms with Gasteiger partial charge in [0, 0.05) is 21.9 Å². The van der Waals surface area contributed by atoms with E-state index in [-0.39, 0.29) is 5.78 Å². The average Bonchev–Trinajstić information content (AvgIpc) is 2.46. The number of carbonyl (C=O) groups excluding carboxylic acids is 1.